The number of hydrogen-bond acceptors (Lipinski definition) is 5. The van der Waals surface area contributed by atoms with Gasteiger partial charge in [0.05, 0.1) is 12.2 Å². The van der Waals surface area contributed by atoms with Crippen molar-refractivity contribution in [3.63, 3.8) is 0 Å². The van der Waals surface area contributed by atoms with Crippen LogP contribution < -0.4 is 0 Å². The summed E-state index contributed by atoms with van der Waals surface area (Å²) in [4.78, 5) is 22.7. The van der Waals surface area contributed by atoms with Crippen molar-refractivity contribution in [2.75, 3.05) is 6.61 Å². The van der Waals surface area contributed by atoms with Crippen LogP contribution in [0.2, 0.25) is 0 Å². The molecule has 5 nitrogen and oxygen atoms in total. The van der Waals surface area contributed by atoms with Gasteiger partial charge in [0, 0.05) is 12.3 Å². The normalized spacial score (nSPS) is 10.4. The Balaban J connectivity index is 2.45. The van der Waals surface area contributed by atoms with Crippen molar-refractivity contribution in [2.24, 2.45) is 0 Å². The van der Waals surface area contributed by atoms with Crippen LogP contribution in [0.1, 0.15) is 30.0 Å². The third kappa shape index (κ3) is 2.76. The molecule has 0 amide bonds. The molecule has 0 aliphatic rings. The molecule has 2 aromatic rings. The van der Waals surface area contributed by atoms with Crippen molar-refractivity contribution in [3.8, 4) is 0 Å². The third-order valence-corrected chi connectivity index (χ3v) is 2.58. The summed E-state index contributed by atoms with van der Waals surface area (Å²) >= 11 is 0. The fourth-order valence-corrected chi connectivity index (χ4v) is 1.78. The van der Waals surface area contributed by atoms with E-state index >= 15 is 0 Å². The van der Waals surface area contributed by atoms with E-state index < -0.39 is 11.9 Å². The highest BCUT2D eigenvalue weighted by atomic mass is 16.5. The Hall–Kier alpha value is -2.30. The zero-order valence-corrected chi connectivity index (χ0v) is 10.8. The molecule has 0 fully saturated rings. The standard InChI is InChI=1S/C14H14O5/c1-3-17-14(16)13-11(8-18-9(2)15)10-6-4-5-7-12(10)19-13/h4-7H,3,8H2,1-2H3. The molecule has 0 unspecified atom stereocenters. The van der Waals surface area contributed by atoms with Crippen LogP contribution in [-0.4, -0.2) is 18.5 Å². The Bertz CT molecular complexity index is 611. The first-order valence-electron chi connectivity index (χ1n) is 5.94. The molecule has 1 aromatic carbocycles. The van der Waals surface area contributed by atoms with E-state index in [1.54, 1.807) is 25.1 Å². The molecular weight excluding hydrogens is 248 g/mol. The van der Waals surface area contributed by atoms with Gasteiger partial charge in [0.2, 0.25) is 5.76 Å². The molecule has 0 radical (unpaired) electrons. The Labute approximate surface area is 110 Å². The van der Waals surface area contributed by atoms with Gasteiger partial charge >= 0.3 is 11.9 Å². The van der Waals surface area contributed by atoms with Crippen LogP contribution >= 0.6 is 0 Å². The van der Waals surface area contributed by atoms with Gasteiger partial charge < -0.3 is 13.9 Å². The number of carbonyl (C=O) groups is 2. The summed E-state index contributed by atoms with van der Waals surface area (Å²) in [5, 5.41) is 0.742. The van der Waals surface area contributed by atoms with E-state index in [1.807, 2.05) is 6.07 Å². The van der Waals surface area contributed by atoms with Gasteiger partial charge in [-0.15, -0.1) is 0 Å². The number of ether oxygens (including phenoxy) is 2. The molecule has 0 saturated heterocycles. The van der Waals surface area contributed by atoms with E-state index in [2.05, 4.69) is 0 Å². The summed E-state index contributed by atoms with van der Waals surface area (Å²) in [7, 11) is 0. The van der Waals surface area contributed by atoms with E-state index in [-0.39, 0.29) is 19.0 Å². The topological polar surface area (TPSA) is 65.7 Å². The predicted octanol–water partition coefficient (Wildman–Crippen LogP) is 2.67. The second-order valence-electron chi connectivity index (χ2n) is 3.91. The SMILES string of the molecule is CCOC(=O)c1oc2ccccc2c1COC(C)=O. The monoisotopic (exact) mass is 262 g/mol. The minimum Gasteiger partial charge on any atom is -0.461 e. The number of rotatable bonds is 4. The molecule has 19 heavy (non-hydrogen) atoms. The van der Waals surface area contributed by atoms with Crippen LogP contribution in [-0.2, 0) is 20.9 Å². The summed E-state index contributed by atoms with van der Waals surface area (Å²) in [6, 6.07) is 7.18. The number of furan rings is 1. The van der Waals surface area contributed by atoms with Gasteiger partial charge in [0.15, 0.2) is 0 Å². The number of fused-ring (bicyclic) bond motifs is 1. The largest absolute Gasteiger partial charge is 0.461 e. The molecule has 0 atom stereocenters. The van der Waals surface area contributed by atoms with Crippen molar-refractivity contribution in [1.29, 1.82) is 0 Å². The average molecular weight is 262 g/mol. The van der Waals surface area contributed by atoms with E-state index in [0.717, 1.165) is 5.39 Å². The number of esters is 2. The zero-order chi connectivity index (χ0) is 13.8. The molecule has 0 aliphatic heterocycles. The lowest BCUT2D eigenvalue weighted by atomic mass is 10.1. The first-order chi connectivity index (χ1) is 9.13. The highest BCUT2D eigenvalue weighted by Gasteiger charge is 2.22. The van der Waals surface area contributed by atoms with Crippen molar-refractivity contribution < 1.29 is 23.5 Å². The Morgan fingerprint density at radius 1 is 1.21 bits per heavy atom. The first kappa shape index (κ1) is 13.1. The predicted molar refractivity (Wildman–Crippen MR) is 67.6 cm³/mol. The van der Waals surface area contributed by atoms with Crippen LogP contribution in [0.4, 0.5) is 0 Å². The van der Waals surface area contributed by atoms with Crippen LogP contribution in [0.15, 0.2) is 28.7 Å². The maximum Gasteiger partial charge on any atom is 0.374 e. The Morgan fingerprint density at radius 2 is 1.95 bits per heavy atom. The highest BCUT2D eigenvalue weighted by molar-refractivity contribution is 5.96. The second-order valence-corrected chi connectivity index (χ2v) is 3.91. The fourth-order valence-electron chi connectivity index (χ4n) is 1.78. The molecule has 100 valence electrons. The molecule has 0 aliphatic carbocycles. The van der Waals surface area contributed by atoms with Crippen molar-refractivity contribution in [3.05, 3.63) is 35.6 Å². The van der Waals surface area contributed by atoms with Crippen LogP contribution in [0.25, 0.3) is 11.0 Å². The molecule has 1 heterocycles. The molecule has 0 spiro atoms. The molecule has 0 saturated carbocycles. The summed E-state index contributed by atoms with van der Waals surface area (Å²) < 4.78 is 15.4. The van der Waals surface area contributed by atoms with Crippen molar-refractivity contribution in [2.45, 2.75) is 20.5 Å². The van der Waals surface area contributed by atoms with E-state index in [0.29, 0.717) is 11.1 Å². The first-order valence-corrected chi connectivity index (χ1v) is 5.94. The van der Waals surface area contributed by atoms with Gasteiger partial charge in [-0.3, -0.25) is 4.79 Å². The number of benzene rings is 1. The lowest BCUT2D eigenvalue weighted by Crippen LogP contribution is -2.08. The third-order valence-electron chi connectivity index (χ3n) is 2.58. The highest BCUT2D eigenvalue weighted by Crippen LogP contribution is 2.27. The summed E-state index contributed by atoms with van der Waals surface area (Å²) in [6.45, 7) is 3.27. The summed E-state index contributed by atoms with van der Waals surface area (Å²) in [5.41, 5.74) is 1.09. The van der Waals surface area contributed by atoms with Gasteiger partial charge in [0.1, 0.15) is 12.2 Å². The average Bonchev–Trinajstić information content (AvgIpc) is 2.75. The summed E-state index contributed by atoms with van der Waals surface area (Å²) in [5.74, 6) is -0.884. The number of carbonyl (C=O) groups excluding carboxylic acids is 2. The molecule has 5 heteroatoms. The molecule has 1 aromatic heterocycles. The summed E-state index contributed by atoms with van der Waals surface area (Å²) in [6.07, 6.45) is 0. The Morgan fingerprint density at radius 3 is 2.63 bits per heavy atom. The van der Waals surface area contributed by atoms with E-state index in [1.165, 1.54) is 6.92 Å². The van der Waals surface area contributed by atoms with Gasteiger partial charge in [-0.2, -0.15) is 0 Å². The van der Waals surface area contributed by atoms with Crippen LogP contribution in [0.3, 0.4) is 0 Å². The minimum atomic E-state index is -0.555. The van der Waals surface area contributed by atoms with Gasteiger partial charge in [-0.25, -0.2) is 4.79 Å². The van der Waals surface area contributed by atoms with Crippen molar-refractivity contribution in [1.82, 2.24) is 0 Å². The van der Waals surface area contributed by atoms with E-state index in [9.17, 15) is 9.59 Å². The van der Waals surface area contributed by atoms with Gasteiger partial charge in [-0.1, -0.05) is 18.2 Å². The lowest BCUT2D eigenvalue weighted by Gasteiger charge is -2.03. The quantitative estimate of drug-likeness (QED) is 0.792. The second kappa shape index (κ2) is 5.56. The number of para-hydroxylation sites is 1. The molecule has 0 N–H and O–H groups in total. The van der Waals surface area contributed by atoms with Crippen LogP contribution in [0.5, 0.6) is 0 Å². The van der Waals surface area contributed by atoms with Crippen molar-refractivity contribution >= 4 is 22.9 Å². The van der Waals surface area contributed by atoms with Gasteiger partial charge in [-0.05, 0) is 13.0 Å². The maximum absolute atomic E-state index is 11.8. The molecular formula is C14H14O5. The van der Waals surface area contributed by atoms with Crippen LogP contribution in [0, 0.1) is 0 Å². The zero-order valence-electron chi connectivity index (χ0n) is 10.8. The smallest absolute Gasteiger partial charge is 0.374 e. The number of hydrogen-bond donors (Lipinski definition) is 0. The molecule has 2 rings (SSSR count). The Kier molecular flexibility index (Phi) is 3.85. The van der Waals surface area contributed by atoms with E-state index in [4.69, 9.17) is 13.9 Å². The maximum atomic E-state index is 11.8. The fraction of sp³-hybridized carbons (Fsp3) is 0.286. The molecule has 0 bridgehead atoms. The van der Waals surface area contributed by atoms with Gasteiger partial charge in [0.25, 0.3) is 0 Å². The minimum absolute atomic E-state index is 0.0134. The lowest BCUT2D eigenvalue weighted by molar-refractivity contribution is -0.142.